The van der Waals surface area contributed by atoms with E-state index in [1.165, 1.54) is 6.07 Å². The summed E-state index contributed by atoms with van der Waals surface area (Å²) in [5.41, 5.74) is 5.21. The normalized spacial score (nSPS) is 10.5. The fourth-order valence-electron chi connectivity index (χ4n) is 1.03. The highest BCUT2D eigenvalue weighted by molar-refractivity contribution is 5.45. The van der Waals surface area contributed by atoms with Crippen molar-refractivity contribution in [2.75, 3.05) is 13.2 Å². The van der Waals surface area contributed by atoms with E-state index in [0.29, 0.717) is 6.54 Å². The number of nitrogens with two attached hydrogens (primary N) is 1. The molecule has 0 aliphatic carbocycles. The molecule has 0 unspecified atom stereocenters. The summed E-state index contributed by atoms with van der Waals surface area (Å²) in [6.45, 7) is 0.711. The summed E-state index contributed by atoms with van der Waals surface area (Å²) >= 11 is 0. The number of benzene rings is 1. The van der Waals surface area contributed by atoms with E-state index >= 15 is 0 Å². The molecule has 2 N–H and O–H groups in total. The molecule has 1 aromatic carbocycles. The summed E-state index contributed by atoms with van der Waals surface area (Å²) in [5, 5.41) is 10.6. The van der Waals surface area contributed by atoms with Crippen molar-refractivity contribution in [3.63, 3.8) is 0 Å². The lowest BCUT2D eigenvalue weighted by Gasteiger charge is -2.02. The van der Waals surface area contributed by atoms with Gasteiger partial charge in [0, 0.05) is 12.6 Å². The van der Waals surface area contributed by atoms with Crippen molar-refractivity contribution in [1.29, 1.82) is 0 Å². The van der Waals surface area contributed by atoms with Crippen LogP contribution in [0.3, 0.4) is 0 Å². The molecule has 0 heterocycles. The van der Waals surface area contributed by atoms with Gasteiger partial charge in [-0.3, -0.25) is 10.1 Å². The van der Waals surface area contributed by atoms with Crippen LogP contribution in [-0.4, -0.2) is 18.1 Å². The summed E-state index contributed by atoms with van der Waals surface area (Å²) in [6.07, 6.45) is 3.45. The summed E-state index contributed by atoms with van der Waals surface area (Å²) in [6, 6.07) is 6.26. The fraction of sp³-hybridized carbons (Fsp3) is 0.200. The molecule has 0 radical (unpaired) electrons. The van der Waals surface area contributed by atoms with E-state index in [4.69, 9.17) is 10.5 Å². The number of para-hydroxylation sites is 2. The first-order chi connectivity index (χ1) is 7.25. The second-order valence-electron chi connectivity index (χ2n) is 2.74. The minimum atomic E-state index is -0.470. The smallest absolute Gasteiger partial charge is 0.310 e. The van der Waals surface area contributed by atoms with Crippen LogP contribution in [-0.2, 0) is 0 Å². The maximum Gasteiger partial charge on any atom is 0.310 e. The van der Waals surface area contributed by atoms with Gasteiger partial charge < -0.3 is 10.5 Å². The van der Waals surface area contributed by atoms with E-state index in [1.54, 1.807) is 30.4 Å². The Balaban J connectivity index is 2.67. The van der Waals surface area contributed by atoms with Gasteiger partial charge in [-0.2, -0.15) is 0 Å². The molecular formula is C10H12N2O3. The predicted octanol–water partition coefficient (Wildman–Crippen LogP) is 1.49. The Kier molecular flexibility index (Phi) is 4.30. The molecule has 15 heavy (non-hydrogen) atoms. The zero-order valence-electron chi connectivity index (χ0n) is 8.13. The van der Waals surface area contributed by atoms with Crippen molar-refractivity contribution in [3.05, 3.63) is 46.5 Å². The molecule has 0 fully saturated rings. The largest absolute Gasteiger partial charge is 0.483 e. The summed E-state index contributed by atoms with van der Waals surface area (Å²) in [5.74, 6) is 0.268. The molecule has 0 aliphatic heterocycles. The molecule has 5 nitrogen and oxygen atoms in total. The predicted molar refractivity (Wildman–Crippen MR) is 56.8 cm³/mol. The van der Waals surface area contributed by atoms with Crippen LogP contribution in [0.4, 0.5) is 5.69 Å². The number of rotatable bonds is 5. The second kappa shape index (κ2) is 5.77. The Morgan fingerprint density at radius 3 is 2.80 bits per heavy atom. The number of ether oxygens (including phenoxy) is 1. The first kappa shape index (κ1) is 11.2. The van der Waals surface area contributed by atoms with Crippen molar-refractivity contribution >= 4 is 5.69 Å². The molecule has 0 spiro atoms. The van der Waals surface area contributed by atoms with E-state index in [2.05, 4.69) is 0 Å². The van der Waals surface area contributed by atoms with Crippen LogP contribution < -0.4 is 10.5 Å². The van der Waals surface area contributed by atoms with Crippen LogP contribution in [0.15, 0.2) is 36.4 Å². The van der Waals surface area contributed by atoms with Gasteiger partial charge in [-0.1, -0.05) is 24.3 Å². The van der Waals surface area contributed by atoms with Gasteiger partial charge in [0.1, 0.15) is 6.61 Å². The third-order valence-electron chi connectivity index (χ3n) is 1.70. The SMILES string of the molecule is NC/C=C/COc1ccccc1[N+](=O)[O-]. The van der Waals surface area contributed by atoms with Crippen LogP contribution in [0, 0.1) is 10.1 Å². The Hall–Kier alpha value is -1.88. The average molecular weight is 208 g/mol. The topological polar surface area (TPSA) is 78.4 Å². The molecule has 0 amide bonds. The van der Waals surface area contributed by atoms with Gasteiger partial charge >= 0.3 is 5.69 Å². The quantitative estimate of drug-likeness (QED) is 0.451. The minimum absolute atomic E-state index is 0.0290. The maximum absolute atomic E-state index is 10.6. The molecule has 1 aromatic rings. The van der Waals surface area contributed by atoms with Crippen molar-refractivity contribution in [1.82, 2.24) is 0 Å². The summed E-state index contributed by atoms with van der Waals surface area (Å²) < 4.78 is 5.22. The Morgan fingerprint density at radius 1 is 1.40 bits per heavy atom. The third kappa shape index (κ3) is 3.40. The lowest BCUT2D eigenvalue weighted by atomic mass is 10.3. The van der Waals surface area contributed by atoms with Gasteiger partial charge in [0.25, 0.3) is 0 Å². The minimum Gasteiger partial charge on any atom is -0.483 e. The van der Waals surface area contributed by atoms with E-state index in [9.17, 15) is 10.1 Å². The molecular weight excluding hydrogens is 196 g/mol. The molecule has 0 atom stereocenters. The van der Waals surface area contributed by atoms with Gasteiger partial charge in [0.05, 0.1) is 4.92 Å². The Morgan fingerprint density at radius 2 is 2.13 bits per heavy atom. The standard InChI is InChI=1S/C10H12N2O3/c11-7-3-4-8-15-10-6-2-1-5-9(10)12(13)14/h1-6H,7-8,11H2/b4-3+. The highest BCUT2D eigenvalue weighted by Gasteiger charge is 2.12. The number of hydrogen-bond donors (Lipinski definition) is 1. The molecule has 5 heteroatoms. The van der Waals surface area contributed by atoms with E-state index in [1.807, 2.05) is 0 Å². The molecule has 1 rings (SSSR count). The molecule has 0 bridgehead atoms. The molecule has 0 saturated carbocycles. The van der Waals surface area contributed by atoms with Gasteiger partial charge in [-0.25, -0.2) is 0 Å². The zero-order chi connectivity index (χ0) is 11.1. The Bertz CT molecular complexity index is 363. The Labute approximate surface area is 87.3 Å². The molecule has 80 valence electrons. The number of nitro benzene ring substituents is 1. The fourth-order valence-corrected chi connectivity index (χ4v) is 1.03. The molecule has 0 aliphatic rings. The monoisotopic (exact) mass is 208 g/mol. The summed E-state index contributed by atoms with van der Waals surface area (Å²) in [7, 11) is 0. The first-order valence-corrected chi connectivity index (χ1v) is 4.47. The lowest BCUT2D eigenvalue weighted by Crippen LogP contribution is -1.99. The van der Waals surface area contributed by atoms with Gasteiger partial charge in [-0.15, -0.1) is 0 Å². The average Bonchev–Trinajstić information content (AvgIpc) is 2.25. The number of nitro groups is 1. The first-order valence-electron chi connectivity index (χ1n) is 4.47. The van der Waals surface area contributed by atoms with Crippen LogP contribution in [0.25, 0.3) is 0 Å². The van der Waals surface area contributed by atoms with Crippen molar-refractivity contribution in [2.24, 2.45) is 5.73 Å². The van der Waals surface area contributed by atoms with Crippen LogP contribution in [0.1, 0.15) is 0 Å². The van der Waals surface area contributed by atoms with Crippen LogP contribution in [0.5, 0.6) is 5.75 Å². The van der Waals surface area contributed by atoms with Gasteiger partial charge in [-0.05, 0) is 6.07 Å². The van der Waals surface area contributed by atoms with Crippen LogP contribution >= 0.6 is 0 Å². The summed E-state index contributed by atoms with van der Waals surface area (Å²) in [4.78, 5) is 10.1. The number of nitrogens with zero attached hydrogens (tertiary/aromatic N) is 1. The van der Waals surface area contributed by atoms with Crippen LogP contribution in [0.2, 0.25) is 0 Å². The molecule has 0 saturated heterocycles. The third-order valence-corrected chi connectivity index (χ3v) is 1.70. The highest BCUT2D eigenvalue weighted by atomic mass is 16.6. The number of hydrogen-bond acceptors (Lipinski definition) is 4. The second-order valence-corrected chi connectivity index (χ2v) is 2.74. The highest BCUT2D eigenvalue weighted by Crippen LogP contribution is 2.25. The maximum atomic E-state index is 10.6. The van der Waals surface area contributed by atoms with Crippen molar-refractivity contribution in [3.8, 4) is 5.75 Å². The van der Waals surface area contributed by atoms with E-state index < -0.39 is 4.92 Å². The lowest BCUT2D eigenvalue weighted by molar-refractivity contribution is -0.385. The van der Waals surface area contributed by atoms with Gasteiger partial charge in [0.2, 0.25) is 0 Å². The van der Waals surface area contributed by atoms with E-state index in [0.717, 1.165) is 0 Å². The van der Waals surface area contributed by atoms with E-state index in [-0.39, 0.29) is 18.0 Å². The molecule has 0 aromatic heterocycles. The zero-order valence-corrected chi connectivity index (χ0v) is 8.13. The van der Waals surface area contributed by atoms with Crippen molar-refractivity contribution < 1.29 is 9.66 Å². The van der Waals surface area contributed by atoms with Gasteiger partial charge in [0.15, 0.2) is 5.75 Å². The van der Waals surface area contributed by atoms with Crippen molar-refractivity contribution in [2.45, 2.75) is 0 Å².